The van der Waals surface area contributed by atoms with Crippen LogP contribution >= 0.6 is 0 Å². The molecule has 0 spiro atoms. The zero-order chi connectivity index (χ0) is 23.1. The fourth-order valence-corrected chi connectivity index (χ4v) is 6.17. The molecule has 0 saturated carbocycles. The molecule has 0 N–H and O–H groups in total. The van der Waals surface area contributed by atoms with E-state index in [1.165, 1.54) is 21.6 Å². The molecule has 162 valence electrons. The molecule has 0 bridgehead atoms. The zero-order valence-corrected chi connectivity index (χ0v) is 18.7. The van der Waals surface area contributed by atoms with E-state index in [1.807, 2.05) is 24.3 Å². The monoisotopic (exact) mass is 447 g/mol. The number of hydrogen-bond donors (Lipinski definition) is 0. The first kappa shape index (κ1) is 18.8. The predicted molar refractivity (Wildman–Crippen MR) is 145 cm³/mol. The molecule has 8 rings (SSSR count). The van der Waals surface area contributed by atoms with Crippen molar-refractivity contribution in [2.75, 3.05) is 4.90 Å². The third-order valence-corrected chi connectivity index (χ3v) is 7.51. The van der Waals surface area contributed by atoms with Gasteiger partial charge in [0.2, 0.25) is 6.71 Å². The SMILES string of the molecule is O=C1Oc2cc3ccccc3c3c2c2c(c4ccccc43)B(c3ccccc3)c3ccccc3N12. The Morgan fingerprint density at radius 1 is 0.657 bits per heavy atom. The minimum absolute atomic E-state index is 0.00169. The predicted octanol–water partition coefficient (Wildman–Crippen LogP) is 5.63. The number of ether oxygens (including phenoxy) is 1. The maximum atomic E-state index is 13.6. The molecular weight excluding hydrogens is 429 g/mol. The normalized spacial score (nSPS) is 13.9. The Bertz CT molecular complexity index is 1860. The quantitative estimate of drug-likeness (QED) is 0.242. The molecule has 0 atom stereocenters. The number of amides is 1. The number of nitrogens with zero attached hydrogens (tertiary/aromatic N) is 1. The van der Waals surface area contributed by atoms with E-state index in [-0.39, 0.29) is 12.8 Å². The van der Waals surface area contributed by atoms with Gasteiger partial charge >= 0.3 is 6.09 Å². The van der Waals surface area contributed by atoms with Crippen LogP contribution in [-0.4, -0.2) is 12.8 Å². The highest BCUT2D eigenvalue weighted by Gasteiger charge is 2.43. The average molecular weight is 447 g/mol. The van der Waals surface area contributed by atoms with E-state index in [1.54, 1.807) is 4.90 Å². The summed E-state index contributed by atoms with van der Waals surface area (Å²) >= 11 is 0. The number of para-hydroxylation sites is 1. The van der Waals surface area contributed by atoms with E-state index in [2.05, 4.69) is 84.9 Å². The fourth-order valence-electron chi connectivity index (χ4n) is 6.17. The lowest BCUT2D eigenvalue weighted by Crippen LogP contribution is -2.59. The largest absolute Gasteiger partial charge is 0.424 e. The van der Waals surface area contributed by atoms with Gasteiger partial charge in [0.15, 0.2) is 0 Å². The molecule has 2 heterocycles. The Kier molecular flexibility index (Phi) is 3.62. The van der Waals surface area contributed by atoms with Gasteiger partial charge in [0.25, 0.3) is 0 Å². The second-order valence-electron chi connectivity index (χ2n) is 9.26. The fraction of sp³-hybridized carbons (Fsp3) is 0. The summed E-state index contributed by atoms with van der Waals surface area (Å²) in [6.07, 6.45) is -0.357. The standard InChI is InChI=1S/C31H18BNO2/c34-31-33-25-17-9-8-16-24(25)32(20-11-2-1-3-12-20)29-23-15-7-6-14-22(23)27-21-13-5-4-10-19(21)18-26(35-31)28(27)30(29)33/h1-18H. The Hall–Kier alpha value is -4.57. The first-order valence-electron chi connectivity index (χ1n) is 11.9. The van der Waals surface area contributed by atoms with Crippen molar-refractivity contribution in [1.82, 2.24) is 0 Å². The molecule has 6 aromatic rings. The van der Waals surface area contributed by atoms with Crippen LogP contribution in [0.2, 0.25) is 0 Å². The van der Waals surface area contributed by atoms with Gasteiger partial charge in [-0.05, 0) is 44.6 Å². The van der Waals surface area contributed by atoms with Crippen molar-refractivity contribution in [3.05, 3.63) is 109 Å². The lowest BCUT2D eigenvalue weighted by Gasteiger charge is -2.39. The van der Waals surface area contributed by atoms with Gasteiger partial charge in [0.05, 0.1) is 5.69 Å². The number of benzene rings is 6. The van der Waals surface area contributed by atoms with Crippen LogP contribution in [0.5, 0.6) is 5.75 Å². The molecule has 4 heteroatoms. The minimum Gasteiger partial charge on any atom is -0.409 e. The van der Waals surface area contributed by atoms with Crippen molar-refractivity contribution in [1.29, 1.82) is 0 Å². The van der Waals surface area contributed by atoms with Crippen molar-refractivity contribution >= 4 is 72.9 Å². The summed E-state index contributed by atoms with van der Waals surface area (Å²) in [5, 5.41) is 6.72. The highest BCUT2D eigenvalue weighted by molar-refractivity contribution is 6.99. The summed E-state index contributed by atoms with van der Waals surface area (Å²) in [6.45, 7) is -0.00169. The number of carbonyl (C=O) groups excluding carboxylic acids is 1. The summed E-state index contributed by atoms with van der Waals surface area (Å²) in [5.74, 6) is 0.633. The first-order chi connectivity index (χ1) is 17.3. The second-order valence-corrected chi connectivity index (χ2v) is 9.26. The molecule has 0 saturated heterocycles. The van der Waals surface area contributed by atoms with Crippen LogP contribution in [0.15, 0.2) is 109 Å². The van der Waals surface area contributed by atoms with Crippen LogP contribution in [0, 0.1) is 0 Å². The molecule has 0 aromatic heterocycles. The van der Waals surface area contributed by atoms with Crippen molar-refractivity contribution in [3.63, 3.8) is 0 Å². The van der Waals surface area contributed by atoms with E-state index in [0.29, 0.717) is 5.75 Å². The van der Waals surface area contributed by atoms with Crippen molar-refractivity contribution in [3.8, 4) is 5.75 Å². The third-order valence-electron chi connectivity index (χ3n) is 7.51. The Morgan fingerprint density at radius 2 is 1.34 bits per heavy atom. The molecule has 35 heavy (non-hydrogen) atoms. The molecule has 0 radical (unpaired) electrons. The third kappa shape index (κ3) is 2.38. The molecule has 0 fully saturated rings. The van der Waals surface area contributed by atoms with Gasteiger partial charge in [-0.3, -0.25) is 0 Å². The molecule has 2 aliphatic rings. The lowest BCUT2D eigenvalue weighted by atomic mass is 9.34. The van der Waals surface area contributed by atoms with Gasteiger partial charge in [-0.25, -0.2) is 9.69 Å². The Labute approximate surface area is 202 Å². The number of hydrogen-bond acceptors (Lipinski definition) is 2. The molecule has 0 aliphatic carbocycles. The van der Waals surface area contributed by atoms with Crippen LogP contribution in [0.3, 0.4) is 0 Å². The van der Waals surface area contributed by atoms with E-state index >= 15 is 0 Å². The number of rotatable bonds is 1. The van der Waals surface area contributed by atoms with Gasteiger partial charge < -0.3 is 4.74 Å². The highest BCUT2D eigenvalue weighted by Crippen LogP contribution is 2.48. The van der Waals surface area contributed by atoms with Gasteiger partial charge in [0.1, 0.15) is 5.75 Å². The maximum absolute atomic E-state index is 13.6. The zero-order valence-electron chi connectivity index (χ0n) is 18.7. The summed E-state index contributed by atoms with van der Waals surface area (Å²) in [5.41, 5.74) is 5.31. The lowest BCUT2D eigenvalue weighted by molar-refractivity contribution is 0.210. The van der Waals surface area contributed by atoms with E-state index in [4.69, 9.17) is 4.74 Å². The summed E-state index contributed by atoms with van der Waals surface area (Å²) in [4.78, 5) is 15.4. The summed E-state index contributed by atoms with van der Waals surface area (Å²) < 4.78 is 6.04. The molecule has 2 aliphatic heterocycles. The van der Waals surface area contributed by atoms with Crippen molar-refractivity contribution < 1.29 is 9.53 Å². The van der Waals surface area contributed by atoms with E-state index in [9.17, 15) is 4.79 Å². The van der Waals surface area contributed by atoms with Crippen molar-refractivity contribution in [2.24, 2.45) is 0 Å². The molecular formula is C31H18BNO2. The van der Waals surface area contributed by atoms with Gasteiger partial charge in [0, 0.05) is 16.5 Å². The molecule has 0 unspecified atom stereocenters. The molecule has 6 aromatic carbocycles. The number of anilines is 2. The summed E-state index contributed by atoms with van der Waals surface area (Å²) in [7, 11) is 0. The van der Waals surface area contributed by atoms with Crippen LogP contribution in [0.1, 0.15) is 0 Å². The highest BCUT2D eigenvalue weighted by atomic mass is 16.6. The smallest absolute Gasteiger partial charge is 0.409 e. The number of carbonyl (C=O) groups is 1. The Balaban J connectivity index is 1.67. The topological polar surface area (TPSA) is 29.5 Å². The number of fused-ring (bicyclic) bond motifs is 7. The van der Waals surface area contributed by atoms with Crippen LogP contribution in [0.25, 0.3) is 32.3 Å². The van der Waals surface area contributed by atoms with Crippen LogP contribution in [0.4, 0.5) is 16.2 Å². The average Bonchev–Trinajstić information content (AvgIpc) is 2.91. The maximum Gasteiger partial charge on any atom is 0.424 e. The van der Waals surface area contributed by atoms with Gasteiger partial charge in [-0.2, -0.15) is 0 Å². The minimum atomic E-state index is -0.357. The van der Waals surface area contributed by atoms with Crippen LogP contribution < -0.4 is 26.0 Å². The van der Waals surface area contributed by atoms with Crippen LogP contribution in [-0.2, 0) is 0 Å². The Morgan fingerprint density at radius 3 is 2.20 bits per heavy atom. The first-order valence-corrected chi connectivity index (χ1v) is 11.9. The van der Waals surface area contributed by atoms with E-state index in [0.717, 1.165) is 38.5 Å². The second kappa shape index (κ2) is 6.74. The van der Waals surface area contributed by atoms with Gasteiger partial charge in [-0.1, -0.05) is 103 Å². The van der Waals surface area contributed by atoms with Crippen molar-refractivity contribution in [2.45, 2.75) is 0 Å². The molecule has 3 nitrogen and oxygen atoms in total. The van der Waals surface area contributed by atoms with E-state index < -0.39 is 0 Å². The molecule has 1 amide bonds. The van der Waals surface area contributed by atoms with Gasteiger partial charge in [-0.15, -0.1) is 0 Å². The summed E-state index contributed by atoms with van der Waals surface area (Å²) in [6, 6.07) is 37.8.